The van der Waals surface area contributed by atoms with Gasteiger partial charge in [0.25, 0.3) is 0 Å². The molecule has 0 spiro atoms. The fourth-order valence-electron chi connectivity index (χ4n) is 2.66. The second-order valence-electron chi connectivity index (χ2n) is 5.96. The largest absolute Gasteiger partial charge is 0.376 e. The maximum Gasteiger partial charge on any atom is 0.203 e. The zero-order chi connectivity index (χ0) is 13.7. The van der Waals surface area contributed by atoms with Gasteiger partial charge in [-0.25, -0.2) is 4.98 Å². The Labute approximate surface area is 116 Å². The highest BCUT2D eigenvalue weighted by atomic mass is 16.5. The molecular formula is C15H27N3O. The first-order chi connectivity index (χ1) is 9.15. The third-order valence-electron chi connectivity index (χ3n) is 3.50. The van der Waals surface area contributed by atoms with Crippen LogP contribution in [0.4, 0.5) is 5.95 Å². The molecule has 1 aliphatic carbocycles. The van der Waals surface area contributed by atoms with Crippen molar-refractivity contribution in [3.8, 4) is 0 Å². The number of ether oxygens (including phenoxy) is 1. The van der Waals surface area contributed by atoms with Gasteiger partial charge in [-0.3, -0.25) is 0 Å². The summed E-state index contributed by atoms with van der Waals surface area (Å²) in [6.45, 7) is 9.11. The van der Waals surface area contributed by atoms with Crippen LogP contribution in [0.1, 0.15) is 45.2 Å². The number of nitrogens with zero attached hydrogens (tertiary/aromatic N) is 2. The second-order valence-corrected chi connectivity index (χ2v) is 5.96. The molecule has 1 heterocycles. The minimum absolute atomic E-state index is 0.499. The van der Waals surface area contributed by atoms with Crippen LogP contribution in [0.5, 0.6) is 0 Å². The lowest BCUT2D eigenvalue weighted by atomic mass is 10.2. The predicted molar refractivity (Wildman–Crippen MR) is 78.5 cm³/mol. The van der Waals surface area contributed by atoms with Gasteiger partial charge in [0.15, 0.2) is 0 Å². The molecule has 0 aromatic carbocycles. The summed E-state index contributed by atoms with van der Waals surface area (Å²) in [4.78, 5) is 4.53. The molecule has 4 heteroatoms. The quantitative estimate of drug-likeness (QED) is 0.769. The van der Waals surface area contributed by atoms with E-state index in [9.17, 15) is 0 Å². The Morgan fingerprint density at radius 2 is 2.16 bits per heavy atom. The topological polar surface area (TPSA) is 39.1 Å². The van der Waals surface area contributed by atoms with Gasteiger partial charge < -0.3 is 14.6 Å². The zero-order valence-electron chi connectivity index (χ0n) is 12.5. The summed E-state index contributed by atoms with van der Waals surface area (Å²) in [6, 6.07) is 0. The maximum absolute atomic E-state index is 5.85. The van der Waals surface area contributed by atoms with E-state index in [4.69, 9.17) is 4.74 Å². The average molecular weight is 265 g/mol. The van der Waals surface area contributed by atoms with Crippen molar-refractivity contribution < 1.29 is 4.74 Å². The van der Waals surface area contributed by atoms with E-state index in [1.165, 1.54) is 25.7 Å². The fraction of sp³-hybridized carbons (Fsp3) is 0.800. The molecule has 2 rings (SSSR count). The average Bonchev–Trinajstić information content (AvgIpc) is 2.94. The zero-order valence-corrected chi connectivity index (χ0v) is 12.5. The molecular weight excluding hydrogens is 238 g/mol. The van der Waals surface area contributed by atoms with Gasteiger partial charge in [-0.1, -0.05) is 26.7 Å². The number of aryl methyl sites for hydroxylation is 1. The summed E-state index contributed by atoms with van der Waals surface area (Å²) >= 11 is 0. The van der Waals surface area contributed by atoms with E-state index in [2.05, 4.69) is 34.9 Å². The highest BCUT2D eigenvalue weighted by Crippen LogP contribution is 2.20. The Morgan fingerprint density at radius 3 is 2.84 bits per heavy atom. The minimum Gasteiger partial charge on any atom is -0.376 e. The first-order valence-electron chi connectivity index (χ1n) is 7.54. The number of imidazole rings is 1. The van der Waals surface area contributed by atoms with Gasteiger partial charge in [-0.05, 0) is 25.7 Å². The van der Waals surface area contributed by atoms with Crippen LogP contribution >= 0.6 is 0 Å². The molecule has 1 N–H and O–H groups in total. The van der Waals surface area contributed by atoms with E-state index in [-0.39, 0.29) is 0 Å². The highest BCUT2D eigenvalue weighted by molar-refractivity contribution is 5.28. The van der Waals surface area contributed by atoms with Gasteiger partial charge >= 0.3 is 0 Å². The monoisotopic (exact) mass is 265 g/mol. The Kier molecular flexibility index (Phi) is 5.25. The number of nitrogens with one attached hydrogen (secondary N) is 1. The summed E-state index contributed by atoms with van der Waals surface area (Å²) in [6.07, 6.45) is 7.74. The molecule has 0 atom stereocenters. The number of aromatic nitrogens is 2. The van der Waals surface area contributed by atoms with E-state index in [1.54, 1.807) is 0 Å². The van der Waals surface area contributed by atoms with Crippen LogP contribution in [0.3, 0.4) is 0 Å². The highest BCUT2D eigenvalue weighted by Gasteiger charge is 2.14. The number of anilines is 1. The van der Waals surface area contributed by atoms with Gasteiger partial charge in [0.1, 0.15) is 0 Å². The Balaban J connectivity index is 1.75. The molecule has 0 bridgehead atoms. The van der Waals surface area contributed by atoms with Crippen molar-refractivity contribution in [2.45, 2.75) is 59.1 Å². The van der Waals surface area contributed by atoms with Crippen molar-refractivity contribution in [1.82, 2.24) is 9.55 Å². The summed E-state index contributed by atoms with van der Waals surface area (Å²) in [5, 5.41) is 3.39. The van der Waals surface area contributed by atoms with Gasteiger partial charge in [0.05, 0.1) is 18.4 Å². The molecule has 1 aliphatic rings. The summed E-state index contributed by atoms with van der Waals surface area (Å²) in [5.41, 5.74) is 1.07. The Morgan fingerprint density at radius 1 is 1.42 bits per heavy atom. The molecule has 1 aromatic heterocycles. The van der Waals surface area contributed by atoms with E-state index < -0.39 is 0 Å². The summed E-state index contributed by atoms with van der Waals surface area (Å²) < 4.78 is 8.06. The molecule has 108 valence electrons. The van der Waals surface area contributed by atoms with Crippen molar-refractivity contribution in [2.24, 2.45) is 5.92 Å². The molecule has 0 amide bonds. The van der Waals surface area contributed by atoms with Crippen molar-refractivity contribution in [1.29, 1.82) is 0 Å². The van der Waals surface area contributed by atoms with Crippen LogP contribution in [0, 0.1) is 12.8 Å². The standard InChI is InChI=1S/C15H27N3O/c1-12(2)10-18-11-13(3)17-15(18)16-8-9-19-14-6-4-5-7-14/h11-12,14H,4-10H2,1-3H3,(H,16,17). The Bertz CT molecular complexity index is 381. The van der Waals surface area contributed by atoms with Gasteiger partial charge in [0.2, 0.25) is 5.95 Å². The third kappa shape index (κ3) is 4.53. The molecule has 19 heavy (non-hydrogen) atoms. The normalized spacial score (nSPS) is 16.4. The molecule has 0 aliphatic heterocycles. The predicted octanol–water partition coefficient (Wildman–Crippen LogP) is 3.22. The molecule has 0 radical (unpaired) electrons. The van der Waals surface area contributed by atoms with Crippen molar-refractivity contribution in [3.05, 3.63) is 11.9 Å². The van der Waals surface area contributed by atoms with Gasteiger partial charge in [-0.2, -0.15) is 0 Å². The minimum atomic E-state index is 0.499. The third-order valence-corrected chi connectivity index (χ3v) is 3.50. The lowest BCUT2D eigenvalue weighted by Gasteiger charge is -2.13. The van der Waals surface area contributed by atoms with Crippen LogP contribution in [0.25, 0.3) is 0 Å². The number of hydrogen-bond acceptors (Lipinski definition) is 3. The van der Waals surface area contributed by atoms with Crippen LogP contribution < -0.4 is 5.32 Å². The summed E-state index contributed by atoms with van der Waals surface area (Å²) in [7, 11) is 0. The van der Waals surface area contributed by atoms with E-state index >= 15 is 0 Å². The van der Waals surface area contributed by atoms with Gasteiger partial charge in [-0.15, -0.1) is 0 Å². The molecule has 1 saturated carbocycles. The number of rotatable bonds is 7. The molecule has 0 saturated heterocycles. The molecule has 0 unspecified atom stereocenters. The van der Waals surface area contributed by atoms with Crippen LogP contribution in [0.2, 0.25) is 0 Å². The van der Waals surface area contributed by atoms with Gasteiger partial charge in [0, 0.05) is 19.3 Å². The summed E-state index contributed by atoms with van der Waals surface area (Å²) in [5.74, 6) is 1.60. The fourth-order valence-corrected chi connectivity index (χ4v) is 2.66. The molecule has 1 fully saturated rings. The van der Waals surface area contributed by atoms with Crippen molar-refractivity contribution in [3.63, 3.8) is 0 Å². The molecule has 4 nitrogen and oxygen atoms in total. The second kappa shape index (κ2) is 6.94. The lowest BCUT2D eigenvalue weighted by Crippen LogP contribution is -2.17. The van der Waals surface area contributed by atoms with Crippen molar-refractivity contribution >= 4 is 5.95 Å². The van der Waals surface area contributed by atoms with Crippen LogP contribution in [-0.2, 0) is 11.3 Å². The van der Waals surface area contributed by atoms with E-state index in [0.29, 0.717) is 12.0 Å². The Hall–Kier alpha value is -1.03. The van der Waals surface area contributed by atoms with Crippen LogP contribution in [-0.4, -0.2) is 28.8 Å². The maximum atomic E-state index is 5.85. The van der Waals surface area contributed by atoms with Crippen LogP contribution in [0.15, 0.2) is 6.20 Å². The molecule has 1 aromatic rings. The van der Waals surface area contributed by atoms with E-state index in [1.807, 2.05) is 6.92 Å². The number of hydrogen-bond donors (Lipinski definition) is 1. The smallest absolute Gasteiger partial charge is 0.203 e. The SMILES string of the molecule is Cc1cn(CC(C)C)c(NCCOC2CCCC2)n1. The van der Waals surface area contributed by atoms with E-state index in [0.717, 1.165) is 31.3 Å². The lowest BCUT2D eigenvalue weighted by molar-refractivity contribution is 0.0658. The first-order valence-corrected chi connectivity index (χ1v) is 7.54. The van der Waals surface area contributed by atoms with Crippen molar-refractivity contribution in [2.75, 3.05) is 18.5 Å². The first kappa shape index (κ1) is 14.4.